The summed E-state index contributed by atoms with van der Waals surface area (Å²) in [5.41, 5.74) is 5.49. The maximum atomic E-state index is 11.2. The van der Waals surface area contributed by atoms with E-state index >= 15 is 0 Å². The van der Waals surface area contributed by atoms with Crippen LogP contribution in [0, 0.1) is 16.7 Å². The van der Waals surface area contributed by atoms with Crippen LogP contribution in [0.2, 0.25) is 0 Å². The molecule has 2 fully saturated rings. The van der Waals surface area contributed by atoms with E-state index in [9.17, 15) is 5.11 Å². The van der Waals surface area contributed by atoms with E-state index in [1.807, 2.05) is 0 Å². The Morgan fingerprint density at radius 2 is 2.00 bits per heavy atom. The first-order chi connectivity index (χ1) is 7.85. The maximum Gasteiger partial charge on any atom is 0.0764 e. The van der Waals surface area contributed by atoms with Gasteiger partial charge in [-0.2, -0.15) is 0 Å². The van der Waals surface area contributed by atoms with E-state index in [2.05, 4.69) is 20.8 Å². The molecular formula is C14H27NO2. The predicted molar refractivity (Wildman–Crippen MR) is 68.7 cm³/mol. The van der Waals surface area contributed by atoms with Gasteiger partial charge in [0.25, 0.3) is 0 Å². The molecule has 17 heavy (non-hydrogen) atoms. The van der Waals surface area contributed by atoms with E-state index in [0.717, 1.165) is 32.3 Å². The molecule has 0 aromatic carbocycles. The molecule has 100 valence electrons. The Hall–Kier alpha value is -0.120. The maximum absolute atomic E-state index is 11.2. The molecule has 0 aromatic heterocycles. The summed E-state index contributed by atoms with van der Waals surface area (Å²) in [6.07, 6.45) is 3.92. The standard InChI is InChI=1S/C14H27NO2/c1-11-8-12(2,3)4-5-14(11,16)13(9-15)6-7-17-10-13/h11,16H,4-10,15H2,1-3H3. The normalized spacial score (nSPS) is 46.1. The third kappa shape index (κ3) is 2.02. The van der Waals surface area contributed by atoms with Crippen molar-refractivity contribution in [1.29, 1.82) is 0 Å². The predicted octanol–water partition coefficient (Wildman–Crippen LogP) is 1.93. The molecule has 0 amide bonds. The number of hydrogen-bond donors (Lipinski definition) is 2. The highest BCUT2D eigenvalue weighted by molar-refractivity contribution is 5.07. The van der Waals surface area contributed by atoms with Crippen LogP contribution < -0.4 is 5.73 Å². The molecule has 3 N–H and O–H groups in total. The van der Waals surface area contributed by atoms with Crippen molar-refractivity contribution in [3.8, 4) is 0 Å². The van der Waals surface area contributed by atoms with Crippen LogP contribution in [0.25, 0.3) is 0 Å². The Morgan fingerprint density at radius 1 is 1.29 bits per heavy atom. The molecule has 0 aromatic rings. The monoisotopic (exact) mass is 241 g/mol. The second kappa shape index (κ2) is 4.22. The number of nitrogens with two attached hydrogens (primary N) is 1. The highest BCUT2D eigenvalue weighted by atomic mass is 16.5. The molecule has 3 unspecified atom stereocenters. The highest BCUT2D eigenvalue weighted by Gasteiger charge is 2.56. The zero-order chi connectivity index (χ0) is 12.7. The third-order valence-electron chi connectivity index (χ3n) is 5.27. The molecule has 3 heteroatoms. The van der Waals surface area contributed by atoms with Gasteiger partial charge in [-0.15, -0.1) is 0 Å². The molecule has 0 spiro atoms. The molecule has 2 rings (SSSR count). The van der Waals surface area contributed by atoms with Crippen molar-refractivity contribution < 1.29 is 9.84 Å². The zero-order valence-corrected chi connectivity index (χ0v) is 11.5. The molecule has 1 saturated carbocycles. The lowest BCUT2D eigenvalue weighted by molar-refractivity contribution is -0.157. The van der Waals surface area contributed by atoms with E-state index < -0.39 is 5.60 Å². The lowest BCUT2D eigenvalue weighted by Gasteiger charge is -2.53. The fourth-order valence-corrected chi connectivity index (χ4v) is 3.95. The molecule has 0 radical (unpaired) electrons. The summed E-state index contributed by atoms with van der Waals surface area (Å²) in [6, 6.07) is 0. The summed E-state index contributed by atoms with van der Waals surface area (Å²) >= 11 is 0. The third-order valence-corrected chi connectivity index (χ3v) is 5.27. The fourth-order valence-electron chi connectivity index (χ4n) is 3.95. The first-order valence-electron chi connectivity index (χ1n) is 6.85. The van der Waals surface area contributed by atoms with Gasteiger partial charge in [0.05, 0.1) is 12.2 Å². The summed E-state index contributed by atoms with van der Waals surface area (Å²) in [5, 5.41) is 11.2. The molecule has 3 nitrogen and oxygen atoms in total. The van der Waals surface area contributed by atoms with Gasteiger partial charge >= 0.3 is 0 Å². The van der Waals surface area contributed by atoms with Gasteiger partial charge in [0.1, 0.15) is 0 Å². The van der Waals surface area contributed by atoms with Crippen molar-refractivity contribution in [3.05, 3.63) is 0 Å². The SMILES string of the molecule is CC1CC(C)(C)CCC1(O)C1(CN)CCOC1. The largest absolute Gasteiger partial charge is 0.389 e. The van der Waals surface area contributed by atoms with Crippen molar-refractivity contribution in [2.75, 3.05) is 19.8 Å². The smallest absolute Gasteiger partial charge is 0.0764 e. The Kier molecular flexibility index (Phi) is 3.30. The van der Waals surface area contributed by atoms with Crippen LogP contribution in [0.15, 0.2) is 0 Å². The first kappa shape index (κ1) is 13.3. The van der Waals surface area contributed by atoms with Gasteiger partial charge in [-0.1, -0.05) is 20.8 Å². The minimum Gasteiger partial charge on any atom is -0.389 e. The van der Waals surface area contributed by atoms with E-state index in [-0.39, 0.29) is 5.41 Å². The number of ether oxygens (including phenoxy) is 1. The Bertz CT molecular complexity index is 284. The van der Waals surface area contributed by atoms with Crippen molar-refractivity contribution in [2.45, 2.75) is 52.1 Å². The lowest BCUT2D eigenvalue weighted by Crippen LogP contribution is -2.59. The van der Waals surface area contributed by atoms with Gasteiger partial charge in [-0.3, -0.25) is 0 Å². The van der Waals surface area contributed by atoms with E-state index in [1.165, 1.54) is 0 Å². The molecule has 2 aliphatic rings. The summed E-state index contributed by atoms with van der Waals surface area (Å²) in [4.78, 5) is 0. The van der Waals surface area contributed by atoms with Gasteiger partial charge in [0.15, 0.2) is 0 Å². The van der Waals surface area contributed by atoms with Gasteiger partial charge in [0, 0.05) is 18.6 Å². The number of hydrogen-bond acceptors (Lipinski definition) is 3. The van der Waals surface area contributed by atoms with Crippen LogP contribution in [0.1, 0.15) is 46.5 Å². The molecular weight excluding hydrogens is 214 g/mol. The molecule has 1 heterocycles. The summed E-state index contributed by atoms with van der Waals surface area (Å²) in [5.74, 6) is 0.302. The Labute approximate surface area is 105 Å². The van der Waals surface area contributed by atoms with Gasteiger partial charge < -0.3 is 15.6 Å². The quantitative estimate of drug-likeness (QED) is 0.776. The van der Waals surface area contributed by atoms with Gasteiger partial charge in [0.2, 0.25) is 0 Å². The Morgan fingerprint density at radius 3 is 2.47 bits per heavy atom. The van der Waals surface area contributed by atoms with E-state index in [1.54, 1.807) is 0 Å². The van der Waals surface area contributed by atoms with Gasteiger partial charge in [-0.05, 0) is 37.0 Å². The minimum atomic E-state index is -0.631. The van der Waals surface area contributed by atoms with Crippen LogP contribution >= 0.6 is 0 Å². The molecule has 3 atom stereocenters. The van der Waals surface area contributed by atoms with E-state index in [0.29, 0.717) is 24.5 Å². The fraction of sp³-hybridized carbons (Fsp3) is 1.00. The van der Waals surface area contributed by atoms with Crippen LogP contribution in [0.3, 0.4) is 0 Å². The summed E-state index contributed by atoms with van der Waals surface area (Å²) in [6.45, 7) is 8.68. The van der Waals surface area contributed by atoms with Crippen molar-refractivity contribution in [3.63, 3.8) is 0 Å². The second-order valence-corrected chi connectivity index (χ2v) is 6.98. The molecule has 1 saturated heterocycles. The summed E-state index contributed by atoms with van der Waals surface area (Å²) < 4.78 is 5.53. The Balaban J connectivity index is 2.23. The van der Waals surface area contributed by atoms with Crippen LogP contribution in [-0.4, -0.2) is 30.5 Å². The number of aliphatic hydroxyl groups is 1. The molecule has 0 bridgehead atoms. The van der Waals surface area contributed by atoms with Crippen molar-refractivity contribution in [2.24, 2.45) is 22.5 Å². The van der Waals surface area contributed by atoms with Crippen LogP contribution in [0.4, 0.5) is 0 Å². The average Bonchev–Trinajstić information content (AvgIpc) is 2.74. The van der Waals surface area contributed by atoms with Crippen LogP contribution in [-0.2, 0) is 4.74 Å². The van der Waals surface area contributed by atoms with Crippen molar-refractivity contribution in [1.82, 2.24) is 0 Å². The van der Waals surface area contributed by atoms with E-state index in [4.69, 9.17) is 10.5 Å². The molecule has 1 aliphatic carbocycles. The minimum absolute atomic E-state index is 0.205. The topological polar surface area (TPSA) is 55.5 Å². The zero-order valence-electron chi connectivity index (χ0n) is 11.5. The van der Waals surface area contributed by atoms with Crippen molar-refractivity contribution >= 4 is 0 Å². The van der Waals surface area contributed by atoms with Crippen LogP contribution in [0.5, 0.6) is 0 Å². The first-order valence-corrected chi connectivity index (χ1v) is 6.85. The van der Waals surface area contributed by atoms with Gasteiger partial charge in [-0.25, -0.2) is 0 Å². The average molecular weight is 241 g/mol. The lowest BCUT2D eigenvalue weighted by atomic mass is 9.55. The molecule has 1 aliphatic heterocycles. The second-order valence-electron chi connectivity index (χ2n) is 6.98. The summed E-state index contributed by atoms with van der Waals surface area (Å²) in [7, 11) is 0. The number of rotatable bonds is 2. The highest BCUT2D eigenvalue weighted by Crippen LogP contribution is 2.53.